The molecule has 0 saturated carbocycles. The van der Waals surface area contributed by atoms with Crippen LogP contribution in [-0.2, 0) is 13.0 Å². The van der Waals surface area contributed by atoms with Crippen molar-refractivity contribution in [1.29, 1.82) is 0 Å². The number of pyridine rings is 1. The Kier molecular flexibility index (Phi) is 3.93. The van der Waals surface area contributed by atoms with Gasteiger partial charge in [0, 0.05) is 41.4 Å². The molecule has 7 heteroatoms. The first-order valence-corrected chi connectivity index (χ1v) is 8.97. The minimum atomic E-state index is 0.0554. The predicted octanol–water partition coefficient (Wildman–Crippen LogP) is 3.47. The molecule has 0 aromatic carbocycles. The van der Waals surface area contributed by atoms with Gasteiger partial charge in [-0.05, 0) is 25.5 Å². The minimum Gasteiger partial charge on any atom is -0.323 e. The van der Waals surface area contributed by atoms with Gasteiger partial charge in [-0.15, -0.1) is 11.3 Å². The van der Waals surface area contributed by atoms with E-state index in [2.05, 4.69) is 21.5 Å². The molecule has 126 valence electrons. The third kappa shape index (κ3) is 2.76. The Labute approximate surface area is 148 Å². The molecule has 0 spiro atoms. The summed E-state index contributed by atoms with van der Waals surface area (Å²) in [5, 5.41) is 2.84. The highest BCUT2D eigenvalue weighted by molar-refractivity contribution is 7.13. The molecule has 0 aliphatic carbocycles. The van der Waals surface area contributed by atoms with Crippen molar-refractivity contribution in [2.24, 2.45) is 0 Å². The Morgan fingerprint density at radius 1 is 1.24 bits per heavy atom. The molecule has 4 aromatic rings. The van der Waals surface area contributed by atoms with Crippen molar-refractivity contribution in [3.05, 3.63) is 59.3 Å². The van der Waals surface area contributed by atoms with E-state index in [0.29, 0.717) is 12.1 Å². The third-order valence-corrected chi connectivity index (χ3v) is 4.97. The second-order valence-electron chi connectivity index (χ2n) is 5.78. The van der Waals surface area contributed by atoms with E-state index in [1.165, 1.54) is 0 Å². The number of rotatable bonds is 5. The molecule has 25 heavy (non-hydrogen) atoms. The molecule has 4 rings (SSSR count). The highest BCUT2D eigenvalue weighted by atomic mass is 32.1. The quantitative estimate of drug-likeness (QED) is 0.517. The summed E-state index contributed by atoms with van der Waals surface area (Å²) < 4.78 is 4.08. The molecule has 0 radical (unpaired) electrons. The van der Waals surface area contributed by atoms with E-state index < -0.39 is 0 Å². The van der Waals surface area contributed by atoms with Crippen LogP contribution in [0.3, 0.4) is 0 Å². The van der Waals surface area contributed by atoms with Crippen LogP contribution in [0.2, 0.25) is 0 Å². The van der Waals surface area contributed by atoms with Crippen LogP contribution < -0.4 is 0 Å². The van der Waals surface area contributed by atoms with Gasteiger partial charge in [-0.1, -0.05) is 6.92 Å². The van der Waals surface area contributed by atoms with Gasteiger partial charge in [0.1, 0.15) is 5.65 Å². The number of fused-ring (bicyclic) bond motifs is 1. The lowest BCUT2D eigenvalue weighted by molar-refractivity contribution is 0.101. The van der Waals surface area contributed by atoms with Crippen LogP contribution in [0.5, 0.6) is 0 Å². The Bertz CT molecular complexity index is 1040. The Balaban J connectivity index is 1.78. The zero-order valence-corrected chi connectivity index (χ0v) is 14.8. The fourth-order valence-electron chi connectivity index (χ4n) is 2.98. The van der Waals surface area contributed by atoms with E-state index in [4.69, 9.17) is 4.98 Å². The van der Waals surface area contributed by atoms with Crippen molar-refractivity contribution in [2.45, 2.75) is 26.8 Å². The molecule has 0 fully saturated rings. The van der Waals surface area contributed by atoms with Crippen molar-refractivity contribution >= 4 is 22.8 Å². The summed E-state index contributed by atoms with van der Waals surface area (Å²) in [6.45, 7) is 4.30. The lowest BCUT2D eigenvalue weighted by atomic mass is 10.2. The summed E-state index contributed by atoms with van der Waals surface area (Å²) in [7, 11) is 0. The average Bonchev–Trinajstić information content (AvgIpc) is 3.33. The number of hydrogen-bond donors (Lipinski definition) is 0. The normalized spacial score (nSPS) is 11.3. The highest BCUT2D eigenvalue weighted by Crippen LogP contribution is 2.22. The van der Waals surface area contributed by atoms with E-state index in [9.17, 15) is 4.79 Å². The Morgan fingerprint density at radius 3 is 2.84 bits per heavy atom. The monoisotopic (exact) mass is 351 g/mol. The molecule has 0 N–H and O–H groups in total. The van der Waals surface area contributed by atoms with Crippen molar-refractivity contribution in [1.82, 2.24) is 23.9 Å². The number of thiazole rings is 1. The van der Waals surface area contributed by atoms with E-state index >= 15 is 0 Å². The Hall–Kier alpha value is -2.80. The highest BCUT2D eigenvalue weighted by Gasteiger charge is 2.15. The molecule has 0 saturated heterocycles. The van der Waals surface area contributed by atoms with Gasteiger partial charge >= 0.3 is 0 Å². The first kappa shape index (κ1) is 15.7. The second-order valence-corrected chi connectivity index (χ2v) is 6.67. The van der Waals surface area contributed by atoms with Gasteiger partial charge in [0.05, 0.1) is 12.2 Å². The van der Waals surface area contributed by atoms with Crippen LogP contribution in [0.25, 0.3) is 16.5 Å². The first-order valence-electron chi connectivity index (χ1n) is 8.09. The van der Waals surface area contributed by atoms with E-state index in [1.807, 2.05) is 34.3 Å². The van der Waals surface area contributed by atoms with Crippen LogP contribution in [0.15, 0.2) is 42.3 Å². The van der Waals surface area contributed by atoms with Gasteiger partial charge in [-0.2, -0.15) is 0 Å². The van der Waals surface area contributed by atoms with Gasteiger partial charge < -0.3 is 8.97 Å². The molecule has 4 heterocycles. The Morgan fingerprint density at radius 2 is 2.12 bits per heavy atom. The first-order chi connectivity index (χ1) is 12.2. The third-order valence-electron chi connectivity index (χ3n) is 4.20. The van der Waals surface area contributed by atoms with Crippen LogP contribution in [0.1, 0.15) is 35.6 Å². The molecule has 0 aliphatic heterocycles. The van der Waals surface area contributed by atoms with Gasteiger partial charge in [0.15, 0.2) is 16.6 Å². The predicted molar refractivity (Wildman–Crippen MR) is 97.0 cm³/mol. The minimum absolute atomic E-state index is 0.0554. The maximum absolute atomic E-state index is 11.7. The van der Waals surface area contributed by atoms with Gasteiger partial charge in [-0.3, -0.25) is 4.79 Å². The lowest BCUT2D eigenvalue weighted by Crippen LogP contribution is -2.04. The summed E-state index contributed by atoms with van der Waals surface area (Å²) >= 11 is 1.57. The van der Waals surface area contributed by atoms with Gasteiger partial charge in [0.2, 0.25) is 0 Å². The molecule has 0 atom stereocenters. The number of carbonyl (C=O) groups is 1. The maximum Gasteiger partial charge on any atom is 0.169 e. The molecule has 0 bridgehead atoms. The lowest BCUT2D eigenvalue weighted by Gasteiger charge is -2.06. The number of ketones is 1. The van der Waals surface area contributed by atoms with E-state index in [0.717, 1.165) is 34.3 Å². The molecule has 0 amide bonds. The number of Topliss-reactive ketones (excluding diaryl/α,β-unsaturated/α-hetero) is 1. The summed E-state index contributed by atoms with van der Waals surface area (Å²) in [5.41, 5.74) is 3.64. The molecule has 0 aliphatic rings. The van der Waals surface area contributed by atoms with E-state index in [1.54, 1.807) is 30.7 Å². The fraction of sp³-hybridized carbons (Fsp3) is 0.222. The maximum atomic E-state index is 11.7. The van der Waals surface area contributed by atoms with Crippen LogP contribution >= 0.6 is 11.3 Å². The number of hydrogen-bond acceptors (Lipinski definition) is 5. The zero-order chi connectivity index (χ0) is 17.4. The largest absolute Gasteiger partial charge is 0.323 e. The number of carbonyl (C=O) groups excluding carboxylic acids is 1. The topological polar surface area (TPSA) is 65.1 Å². The summed E-state index contributed by atoms with van der Waals surface area (Å²) in [6, 6.07) is 3.72. The number of nitrogens with zero attached hydrogens (tertiary/aromatic N) is 5. The second kappa shape index (κ2) is 6.25. The average molecular weight is 351 g/mol. The van der Waals surface area contributed by atoms with Gasteiger partial charge in [0.25, 0.3) is 0 Å². The molecule has 0 unspecified atom stereocenters. The smallest absolute Gasteiger partial charge is 0.169 e. The molecule has 4 aromatic heterocycles. The fourth-order valence-corrected chi connectivity index (χ4v) is 3.63. The standard InChI is InChI=1S/C18H17N5OS/c1-3-15-14(21-16-5-4-13(12(2)24)10-23(15)16)11-22-8-6-19-17(22)18-20-7-9-25-18/h4-10H,3,11H2,1-2H3. The summed E-state index contributed by atoms with van der Waals surface area (Å²) in [4.78, 5) is 25.2. The van der Waals surface area contributed by atoms with Gasteiger partial charge in [-0.25, -0.2) is 15.0 Å². The molecular formula is C18H17N5OS. The number of aryl methyl sites for hydroxylation is 1. The molecule has 6 nitrogen and oxygen atoms in total. The van der Waals surface area contributed by atoms with Crippen molar-refractivity contribution in [3.63, 3.8) is 0 Å². The number of aromatic nitrogens is 5. The van der Waals surface area contributed by atoms with Crippen molar-refractivity contribution < 1.29 is 4.79 Å². The zero-order valence-electron chi connectivity index (χ0n) is 14.0. The molecular weight excluding hydrogens is 334 g/mol. The number of imidazole rings is 2. The van der Waals surface area contributed by atoms with Crippen LogP contribution in [0.4, 0.5) is 0 Å². The SMILES string of the molecule is CCc1c(Cn2ccnc2-c2nccs2)nc2ccc(C(C)=O)cn12. The van der Waals surface area contributed by atoms with Crippen molar-refractivity contribution in [2.75, 3.05) is 0 Å². The van der Waals surface area contributed by atoms with E-state index in [-0.39, 0.29) is 5.78 Å². The van der Waals surface area contributed by atoms with Crippen LogP contribution in [-0.4, -0.2) is 29.7 Å². The van der Waals surface area contributed by atoms with Crippen molar-refractivity contribution in [3.8, 4) is 10.8 Å². The summed E-state index contributed by atoms with van der Waals surface area (Å²) in [5.74, 6) is 0.901. The summed E-state index contributed by atoms with van der Waals surface area (Å²) in [6.07, 6.45) is 8.22. The van der Waals surface area contributed by atoms with Crippen LogP contribution in [0, 0.1) is 0 Å².